The fraction of sp³-hybridized carbons (Fsp3) is 0.491. The third-order valence-electron chi connectivity index (χ3n) is 16.6. The number of piperazine rings is 1. The van der Waals surface area contributed by atoms with Crippen molar-refractivity contribution in [3.8, 4) is 35.4 Å². The van der Waals surface area contributed by atoms with E-state index in [1.807, 2.05) is 6.92 Å². The molecule has 3 aromatic carbocycles. The number of likely N-dealkylation sites (tertiary alicyclic amines) is 2. The van der Waals surface area contributed by atoms with Gasteiger partial charge in [0.2, 0.25) is 11.8 Å². The van der Waals surface area contributed by atoms with Crippen LogP contribution in [0.5, 0.6) is 11.8 Å². The number of nitrogens with one attached hydrogen (secondary N) is 2. The molecule has 5 aromatic rings. The summed E-state index contributed by atoms with van der Waals surface area (Å²) in [7, 11) is 1.73. The SMILES string of the molecule is C#Cc1c(F)ccc2cc(O)cc(-c3ncc4c(N5CC6CCC(C5)N6)nc(OCCN5CCC(CN6CC7(CCN(c8cc(C)c(C=O)c(CN(C)C9CCC(=O)NC9=O)c8F)CC7)C6)CC5)nc4c3F)c12. The van der Waals surface area contributed by atoms with Gasteiger partial charge in [0.1, 0.15) is 35.2 Å². The van der Waals surface area contributed by atoms with Crippen LogP contribution in [0.3, 0.4) is 0 Å². The second-order valence-electron chi connectivity index (χ2n) is 21.4. The third-order valence-corrected chi connectivity index (χ3v) is 16.6. The predicted octanol–water partition coefficient (Wildman–Crippen LogP) is 5.94. The molecular weight excluding hydrogens is 938 g/mol. The number of amides is 2. The minimum atomic E-state index is -0.750. The van der Waals surface area contributed by atoms with Gasteiger partial charge < -0.3 is 29.9 Å². The van der Waals surface area contributed by atoms with Gasteiger partial charge in [0.25, 0.3) is 0 Å². The zero-order valence-electron chi connectivity index (χ0n) is 41.4. The first-order valence-corrected chi connectivity index (χ1v) is 25.7. The fourth-order valence-corrected chi connectivity index (χ4v) is 12.7. The molecule has 11 rings (SSSR count). The molecule has 6 aliphatic rings. The normalized spacial score (nSPS) is 22.6. The summed E-state index contributed by atoms with van der Waals surface area (Å²) in [5.74, 6) is 0.854. The Morgan fingerprint density at radius 1 is 0.959 bits per heavy atom. The average molecular weight is 999 g/mol. The first-order valence-electron chi connectivity index (χ1n) is 25.7. The van der Waals surface area contributed by atoms with Crippen molar-refractivity contribution in [1.82, 2.24) is 40.3 Å². The Bertz CT molecular complexity index is 3040. The van der Waals surface area contributed by atoms with Crippen LogP contribution in [0.1, 0.15) is 78.4 Å². The van der Waals surface area contributed by atoms with Crippen LogP contribution in [0.15, 0.2) is 36.5 Å². The highest BCUT2D eigenvalue weighted by Gasteiger charge is 2.46. The van der Waals surface area contributed by atoms with Crippen LogP contribution in [0.4, 0.5) is 24.7 Å². The van der Waals surface area contributed by atoms with Crippen LogP contribution >= 0.6 is 0 Å². The molecular formula is C55H61F3N10O5. The van der Waals surface area contributed by atoms with E-state index in [9.17, 15) is 19.5 Å². The molecule has 15 nitrogen and oxygen atoms in total. The summed E-state index contributed by atoms with van der Waals surface area (Å²) in [6.45, 7) is 10.6. The van der Waals surface area contributed by atoms with E-state index in [0.29, 0.717) is 78.3 Å². The van der Waals surface area contributed by atoms with E-state index in [4.69, 9.17) is 16.1 Å². The smallest absolute Gasteiger partial charge is 0.319 e. The summed E-state index contributed by atoms with van der Waals surface area (Å²) in [5.41, 5.74) is 1.98. The van der Waals surface area contributed by atoms with Gasteiger partial charge in [0.05, 0.1) is 22.7 Å². The lowest BCUT2D eigenvalue weighted by Crippen LogP contribution is -2.61. The number of rotatable bonds is 13. The average Bonchev–Trinajstić information content (AvgIpc) is 3.71. The number of halogens is 3. The number of aromatic nitrogens is 3. The third kappa shape index (κ3) is 9.45. The summed E-state index contributed by atoms with van der Waals surface area (Å²) in [6.07, 6.45) is 14.7. The molecule has 3 N–H and O–H groups in total. The molecule has 1 spiro atoms. The number of terminal acetylenes is 1. The number of pyridine rings is 1. The van der Waals surface area contributed by atoms with Crippen molar-refractivity contribution in [1.29, 1.82) is 0 Å². The highest BCUT2D eigenvalue weighted by molar-refractivity contribution is 6.03. The Balaban J connectivity index is 0.700. The van der Waals surface area contributed by atoms with Gasteiger partial charge in [-0.25, -0.2) is 13.2 Å². The lowest BCUT2D eigenvalue weighted by atomic mass is 9.71. The zero-order valence-corrected chi connectivity index (χ0v) is 41.4. The van der Waals surface area contributed by atoms with Crippen LogP contribution in [-0.4, -0.2) is 150 Å². The van der Waals surface area contributed by atoms with Gasteiger partial charge in [0, 0.05) is 106 Å². The fourth-order valence-electron chi connectivity index (χ4n) is 12.7. The van der Waals surface area contributed by atoms with E-state index in [1.165, 1.54) is 24.3 Å². The molecule has 8 heterocycles. The van der Waals surface area contributed by atoms with E-state index in [0.717, 1.165) is 84.3 Å². The number of fused-ring (bicyclic) bond motifs is 4. The van der Waals surface area contributed by atoms with Crippen LogP contribution in [-0.2, 0) is 16.1 Å². The summed E-state index contributed by atoms with van der Waals surface area (Å²) in [6, 6.07) is 7.34. The van der Waals surface area contributed by atoms with Crippen molar-refractivity contribution >= 4 is 51.3 Å². The van der Waals surface area contributed by atoms with Crippen molar-refractivity contribution in [3.63, 3.8) is 0 Å². The second-order valence-corrected chi connectivity index (χ2v) is 21.4. The van der Waals surface area contributed by atoms with Crippen molar-refractivity contribution in [2.45, 2.75) is 83.0 Å². The van der Waals surface area contributed by atoms with Crippen molar-refractivity contribution in [2.75, 3.05) is 88.9 Å². The molecule has 2 bridgehead atoms. The largest absolute Gasteiger partial charge is 0.508 e. The highest BCUT2D eigenvalue weighted by Crippen LogP contribution is 2.44. The summed E-state index contributed by atoms with van der Waals surface area (Å²) in [5, 5.41) is 17.8. The number of anilines is 2. The van der Waals surface area contributed by atoms with Crippen LogP contribution < -0.4 is 25.2 Å². The number of carbonyl (C=O) groups excluding carboxylic acids is 3. The van der Waals surface area contributed by atoms with E-state index in [1.54, 1.807) is 24.2 Å². The Morgan fingerprint density at radius 2 is 1.71 bits per heavy atom. The number of phenols is 1. The summed E-state index contributed by atoms with van der Waals surface area (Å²) in [4.78, 5) is 61.5. The summed E-state index contributed by atoms with van der Waals surface area (Å²) < 4.78 is 54.7. The maximum Gasteiger partial charge on any atom is 0.319 e. The van der Waals surface area contributed by atoms with Crippen LogP contribution in [0.2, 0.25) is 0 Å². The molecule has 382 valence electrons. The number of likely N-dealkylation sites (N-methyl/N-ethyl adjacent to an activating group) is 1. The van der Waals surface area contributed by atoms with Gasteiger partial charge in [-0.1, -0.05) is 12.0 Å². The molecule has 6 aliphatic heterocycles. The molecule has 3 unspecified atom stereocenters. The lowest BCUT2D eigenvalue weighted by Gasteiger charge is -2.55. The number of hydrogen-bond donors (Lipinski definition) is 3. The molecule has 18 heteroatoms. The summed E-state index contributed by atoms with van der Waals surface area (Å²) >= 11 is 0. The minimum absolute atomic E-state index is 0.0159. The van der Waals surface area contributed by atoms with Gasteiger partial charge in [0.15, 0.2) is 17.9 Å². The number of aldehydes is 1. The molecule has 0 aliphatic carbocycles. The number of benzene rings is 3. The minimum Gasteiger partial charge on any atom is -0.508 e. The number of phenolic OH excluding ortho intramolecular Hbond substituents is 1. The maximum absolute atomic E-state index is 17.0. The zero-order chi connectivity index (χ0) is 50.7. The number of hydrogen-bond acceptors (Lipinski definition) is 14. The lowest BCUT2D eigenvalue weighted by molar-refractivity contribution is -0.137. The van der Waals surface area contributed by atoms with Crippen LogP contribution in [0.25, 0.3) is 32.9 Å². The van der Waals surface area contributed by atoms with E-state index >= 15 is 13.2 Å². The standard InChI is InChI=1S/C55H61F3N10O5/c1-4-38-43(56)8-5-34-22-37(70)23-39(47(34)38)50-49(58)51-40(24-59-50)52(68-26-35-6-7-36(27-68)60-35)63-54(62-51)73-20-19-65-15-11-33(12-16-65)25-66-30-55(31-66)13-17-67(18-14-55)45-21-32(2)42(29-69)41(48(45)57)28-64(3)44-9-10-46(71)61-53(44)72/h1,5,8,21-24,29,33,35-36,44,60,70H,6-7,9-20,25-28,30-31H2,2-3H3,(H,61,71,72). The topological polar surface area (TPSA) is 160 Å². The van der Waals surface area contributed by atoms with Gasteiger partial charge in [-0.05, 0) is 119 Å². The number of nitrogens with zero attached hydrogens (tertiary/aromatic N) is 8. The molecule has 3 atom stereocenters. The van der Waals surface area contributed by atoms with Crippen molar-refractivity contribution < 1.29 is 37.4 Å². The van der Waals surface area contributed by atoms with Crippen LogP contribution in [0, 0.1) is 48.1 Å². The Hall–Kier alpha value is -6.39. The molecule has 0 saturated carbocycles. The predicted molar refractivity (Wildman–Crippen MR) is 271 cm³/mol. The van der Waals surface area contributed by atoms with Gasteiger partial charge >= 0.3 is 6.01 Å². The number of piperidine rings is 3. The van der Waals surface area contributed by atoms with Gasteiger partial charge in [-0.2, -0.15) is 9.97 Å². The molecule has 6 saturated heterocycles. The molecule has 6 fully saturated rings. The van der Waals surface area contributed by atoms with E-state index in [2.05, 4.69) is 46.1 Å². The molecule has 73 heavy (non-hydrogen) atoms. The Kier molecular flexibility index (Phi) is 13.3. The number of imide groups is 1. The maximum atomic E-state index is 17.0. The van der Waals surface area contributed by atoms with E-state index < -0.39 is 29.4 Å². The molecule has 0 radical (unpaired) electrons. The van der Waals surface area contributed by atoms with Gasteiger partial charge in [-0.3, -0.25) is 34.5 Å². The first kappa shape index (κ1) is 48.9. The second kappa shape index (κ2) is 19.8. The van der Waals surface area contributed by atoms with Crippen molar-refractivity contribution in [3.05, 3.63) is 76.2 Å². The monoisotopic (exact) mass is 998 g/mol. The number of aryl methyl sites for hydroxylation is 1. The highest BCUT2D eigenvalue weighted by atomic mass is 19.1. The number of ether oxygens (including phenoxy) is 1. The Morgan fingerprint density at radius 3 is 2.42 bits per heavy atom. The number of carbonyl (C=O) groups is 3. The van der Waals surface area contributed by atoms with Gasteiger partial charge in [-0.15, -0.1) is 6.42 Å². The molecule has 2 amide bonds. The number of aromatic hydroxyl groups is 1. The Labute approximate surface area is 422 Å². The first-order chi connectivity index (χ1) is 35.3. The quantitative estimate of drug-likeness (QED) is 0.0723. The molecule has 2 aromatic heterocycles. The van der Waals surface area contributed by atoms with E-state index in [-0.39, 0.29) is 81.4 Å². The van der Waals surface area contributed by atoms with Crippen molar-refractivity contribution in [2.24, 2.45) is 11.3 Å².